The fraction of sp³-hybridized carbons (Fsp3) is 0.500. The third-order valence-electron chi connectivity index (χ3n) is 1.42. The number of amides is 1. The molecule has 0 spiro atoms. The highest BCUT2D eigenvalue weighted by molar-refractivity contribution is 6.00. The van der Waals surface area contributed by atoms with Gasteiger partial charge < -0.3 is 5.32 Å². The first kappa shape index (κ1) is 6.26. The first-order valence-electron chi connectivity index (χ1n) is 2.78. The van der Waals surface area contributed by atoms with Crippen molar-refractivity contribution in [2.75, 3.05) is 13.2 Å². The Morgan fingerprint density at radius 2 is 2.56 bits per heavy atom. The Balaban J connectivity index is 2.69. The highest BCUT2D eigenvalue weighted by atomic mass is 19.1. The molecule has 1 aliphatic rings. The minimum Gasteiger partial charge on any atom is -0.348 e. The maximum Gasteiger partial charge on any atom is 0.249 e. The lowest BCUT2D eigenvalue weighted by molar-refractivity contribution is -0.120. The number of nitrogens with one attached hydrogen (secondary N) is 1. The normalized spacial score (nSPS) is 22.7. The van der Waals surface area contributed by atoms with Crippen molar-refractivity contribution in [2.24, 2.45) is 0 Å². The standard InChI is InChI=1S/C6H8FNO/c1-4(2-7)5-3-8-6(5)9/h2-3H2,1H3,(H,8,9)/b5-4-. The zero-order chi connectivity index (χ0) is 6.85. The van der Waals surface area contributed by atoms with Crippen LogP contribution in [0.1, 0.15) is 6.92 Å². The highest BCUT2D eigenvalue weighted by Crippen LogP contribution is 2.09. The van der Waals surface area contributed by atoms with Crippen LogP contribution in [0, 0.1) is 0 Å². The maximum atomic E-state index is 11.8. The summed E-state index contributed by atoms with van der Waals surface area (Å²) in [7, 11) is 0. The summed E-state index contributed by atoms with van der Waals surface area (Å²) in [6.07, 6.45) is 0. The van der Waals surface area contributed by atoms with E-state index in [0.717, 1.165) is 0 Å². The molecule has 1 heterocycles. The summed E-state index contributed by atoms with van der Waals surface area (Å²) in [5, 5.41) is 2.51. The van der Waals surface area contributed by atoms with Gasteiger partial charge in [0, 0.05) is 12.1 Å². The van der Waals surface area contributed by atoms with E-state index >= 15 is 0 Å². The molecule has 1 aliphatic heterocycles. The molecule has 0 aromatic heterocycles. The Bertz CT molecular complexity index is 174. The SMILES string of the molecule is C/C(CF)=C1\CNC1=O. The smallest absolute Gasteiger partial charge is 0.249 e. The summed E-state index contributed by atoms with van der Waals surface area (Å²) < 4.78 is 11.8. The van der Waals surface area contributed by atoms with E-state index in [2.05, 4.69) is 5.32 Å². The molecule has 1 rings (SSSR count). The minimum absolute atomic E-state index is 0.120. The maximum absolute atomic E-state index is 11.8. The van der Waals surface area contributed by atoms with E-state index in [0.29, 0.717) is 17.7 Å². The second-order valence-corrected chi connectivity index (χ2v) is 2.08. The Morgan fingerprint density at radius 1 is 1.89 bits per heavy atom. The van der Waals surface area contributed by atoms with Crippen LogP contribution >= 0.6 is 0 Å². The number of β-lactam (4-membered cyclic amide) rings is 1. The van der Waals surface area contributed by atoms with E-state index in [9.17, 15) is 9.18 Å². The third kappa shape index (κ3) is 0.943. The molecule has 0 aliphatic carbocycles. The van der Waals surface area contributed by atoms with Gasteiger partial charge in [0.05, 0.1) is 0 Å². The van der Waals surface area contributed by atoms with Crippen LogP contribution in [0.15, 0.2) is 11.1 Å². The second-order valence-electron chi connectivity index (χ2n) is 2.08. The van der Waals surface area contributed by atoms with E-state index < -0.39 is 6.67 Å². The van der Waals surface area contributed by atoms with Gasteiger partial charge in [0.25, 0.3) is 0 Å². The molecule has 0 aromatic carbocycles. The second kappa shape index (κ2) is 2.17. The number of hydrogen-bond donors (Lipinski definition) is 1. The van der Waals surface area contributed by atoms with Crippen molar-refractivity contribution < 1.29 is 9.18 Å². The quantitative estimate of drug-likeness (QED) is 0.403. The predicted molar refractivity (Wildman–Crippen MR) is 31.7 cm³/mol. The van der Waals surface area contributed by atoms with E-state index in [1.807, 2.05) is 0 Å². The summed E-state index contributed by atoms with van der Waals surface area (Å²) >= 11 is 0. The van der Waals surface area contributed by atoms with Gasteiger partial charge in [0.1, 0.15) is 6.67 Å². The van der Waals surface area contributed by atoms with Crippen LogP contribution in [-0.4, -0.2) is 19.1 Å². The molecule has 0 unspecified atom stereocenters. The average molecular weight is 129 g/mol. The van der Waals surface area contributed by atoms with E-state index in [-0.39, 0.29) is 5.91 Å². The van der Waals surface area contributed by atoms with Crippen LogP contribution in [0.2, 0.25) is 0 Å². The molecule has 3 heteroatoms. The van der Waals surface area contributed by atoms with Gasteiger partial charge in [-0.3, -0.25) is 4.79 Å². The van der Waals surface area contributed by atoms with Crippen molar-refractivity contribution in [1.82, 2.24) is 5.32 Å². The summed E-state index contributed by atoms with van der Waals surface area (Å²) in [6.45, 7) is 1.66. The lowest BCUT2D eigenvalue weighted by Crippen LogP contribution is -2.41. The molecule has 1 amide bonds. The van der Waals surface area contributed by atoms with E-state index in [1.165, 1.54) is 0 Å². The predicted octanol–water partition coefficient (Wildman–Crippen LogP) is 0.402. The van der Waals surface area contributed by atoms with Crippen LogP contribution in [0.5, 0.6) is 0 Å². The molecule has 1 N–H and O–H groups in total. The lowest BCUT2D eigenvalue weighted by atomic mass is 10.0. The van der Waals surface area contributed by atoms with Crippen LogP contribution in [0.25, 0.3) is 0 Å². The number of carbonyl (C=O) groups is 1. The van der Waals surface area contributed by atoms with Gasteiger partial charge in [-0.25, -0.2) is 4.39 Å². The number of hydrogen-bond acceptors (Lipinski definition) is 1. The van der Waals surface area contributed by atoms with Gasteiger partial charge in [-0.05, 0) is 12.5 Å². The van der Waals surface area contributed by atoms with Crippen molar-refractivity contribution in [2.45, 2.75) is 6.92 Å². The fourth-order valence-corrected chi connectivity index (χ4v) is 0.674. The summed E-state index contributed by atoms with van der Waals surface area (Å²) in [5.41, 5.74) is 1.16. The number of halogens is 1. The van der Waals surface area contributed by atoms with Crippen molar-refractivity contribution in [3.05, 3.63) is 11.1 Å². The Morgan fingerprint density at radius 3 is 2.67 bits per heavy atom. The molecule has 1 fully saturated rings. The van der Waals surface area contributed by atoms with Gasteiger partial charge in [-0.2, -0.15) is 0 Å². The third-order valence-corrected chi connectivity index (χ3v) is 1.42. The number of rotatable bonds is 1. The summed E-state index contributed by atoms with van der Waals surface area (Å²) in [6, 6.07) is 0. The molecule has 0 saturated carbocycles. The van der Waals surface area contributed by atoms with Crippen molar-refractivity contribution in [1.29, 1.82) is 0 Å². The Kier molecular flexibility index (Phi) is 1.51. The van der Waals surface area contributed by atoms with Gasteiger partial charge in [-0.1, -0.05) is 0 Å². The largest absolute Gasteiger partial charge is 0.348 e. The van der Waals surface area contributed by atoms with E-state index in [1.54, 1.807) is 6.92 Å². The van der Waals surface area contributed by atoms with Crippen LogP contribution in [0.4, 0.5) is 4.39 Å². The molecular formula is C6H8FNO. The number of allylic oxidation sites excluding steroid dienone is 1. The highest BCUT2D eigenvalue weighted by Gasteiger charge is 2.21. The van der Waals surface area contributed by atoms with Crippen LogP contribution in [-0.2, 0) is 4.79 Å². The van der Waals surface area contributed by atoms with Crippen molar-refractivity contribution in [3.63, 3.8) is 0 Å². The molecular weight excluding hydrogens is 121 g/mol. The summed E-state index contributed by atoms with van der Waals surface area (Å²) in [5.74, 6) is -0.120. The van der Waals surface area contributed by atoms with Crippen LogP contribution < -0.4 is 5.32 Å². The zero-order valence-corrected chi connectivity index (χ0v) is 5.20. The molecule has 0 radical (unpaired) electrons. The first-order chi connectivity index (χ1) is 4.25. The molecule has 0 aromatic rings. The lowest BCUT2D eigenvalue weighted by Gasteiger charge is -2.19. The van der Waals surface area contributed by atoms with Gasteiger partial charge >= 0.3 is 0 Å². The minimum atomic E-state index is -0.511. The molecule has 0 bridgehead atoms. The topological polar surface area (TPSA) is 29.1 Å². The number of alkyl halides is 1. The monoisotopic (exact) mass is 129 g/mol. The Labute approximate surface area is 52.7 Å². The van der Waals surface area contributed by atoms with Crippen molar-refractivity contribution >= 4 is 5.91 Å². The molecule has 2 nitrogen and oxygen atoms in total. The van der Waals surface area contributed by atoms with E-state index in [4.69, 9.17) is 0 Å². The Hall–Kier alpha value is -0.860. The molecule has 50 valence electrons. The zero-order valence-electron chi connectivity index (χ0n) is 5.20. The summed E-state index contributed by atoms with van der Waals surface area (Å²) in [4.78, 5) is 10.5. The molecule has 0 atom stereocenters. The molecule has 9 heavy (non-hydrogen) atoms. The fourth-order valence-electron chi connectivity index (χ4n) is 0.674. The first-order valence-corrected chi connectivity index (χ1v) is 2.78. The van der Waals surface area contributed by atoms with Gasteiger partial charge in [0.15, 0.2) is 0 Å². The van der Waals surface area contributed by atoms with Crippen molar-refractivity contribution in [3.8, 4) is 0 Å². The van der Waals surface area contributed by atoms with Gasteiger partial charge in [0.2, 0.25) is 5.91 Å². The number of carbonyl (C=O) groups excluding carboxylic acids is 1. The average Bonchev–Trinajstić information content (AvgIpc) is 1.84. The van der Waals surface area contributed by atoms with Gasteiger partial charge in [-0.15, -0.1) is 0 Å². The van der Waals surface area contributed by atoms with Crippen LogP contribution in [0.3, 0.4) is 0 Å². The molecule has 1 saturated heterocycles.